The molecular weight excluding hydrogens is 440 g/mol. The van der Waals surface area contributed by atoms with Gasteiger partial charge in [-0.3, -0.25) is 4.79 Å². The maximum Gasteiger partial charge on any atom is 0.229 e. The Morgan fingerprint density at radius 1 is 1.00 bits per heavy atom. The molecule has 6 N–H and O–H groups in total. The Hall–Kier alpha value is -3.35. The summed E-state index contributed by atoms with van der Waals surface area (Å²) in [5.74, 6) is -0.863. The minimum absolute atomic E-state index is 0.0273. The predicted octanol–water partition coefficient (Wildman–Crippen LogP) is 0.0585. The van der Waals surface area contributed by atoms with E-state index in [1.165, 1.54) is 43.5 Å². The third-order valence-corrected chi connectivity index (χ3v) is 5.36. The summed E-state index contributed by atoms with van der Waals surface area (Å²) < 4.78 is 21.9. The Balaban J connectivity index is 1.79. The molecule has 0 spiro atoms. The zero-order chi connectivity index (χ0) is 23.9. The normalized spacial score (nSPS) is 25.2. The van der Waals surface area contributed by atoms with Crippen LogP contribution in [0.4, 0.5) is 0 Å². The van der Waals surface area contributed by atoms with Crippen LogP contribution in [0.3, 0.4) is 0 Å². The van der Waals surface area contributed by atoms with E-state index in [1.807, 2.05) is 0 Å². The average Bonchev–Trinajstić information content (AvgIpc) is 2.79. The molecule has 11 nitrogen and oxygen atoms in total. The van der Waals surface area contributed by atoms with Crippen LogP contribution in [0.5, 0.6) is 23.0 Å². The summed E-state index contributed by atoms with van der Waals surface area (Å²) in [4.78, 5) is 12.7. The van der Waals surface area contributed by atoms with Crippen molar-refractivity contribution in [2.75, 3.05) is 13.7 Å². The molecule has 176 valence electrons. The van der Waals surface area contributed by atoms with Gasteiger partial charge in [0.15, 0.2) is 16.9 Å². The highest BCUT2D eigenvalue weighted by atomic mass is 16.7. The molecule has 1 aliphatic heterocycles. The maximum absolute atomic E-state index is 12.7. The zero-order valence-corrected chi connectivity index (χ0v) is 17.3. The van der Waals surface area contributed by atoms with Crippen LogP contribution in [0.1, 0.15) is 0 Å². The van der Waals surface area contributed by atoms with Gasteiger partial charge in [-0.15, -0.1) is 0 Å². The van der Waals surface area contributed by atoms with Crippen LogP contribution in [0.25, 0.3) is 22.3 Å². The van der Waals surface area contributed by atoms with Crippen LogP contribution in [-0.4, -0.2) is 75.1 Å². The number of hydrogen-bond acceptors (Lipinski definition) is 11. The van der Waals surface area contributed by atoms with Gasteiger partial charge in [-0.05, 0) is 24.3 Å². The predicted molar refractivity (Wildman–Crippen MR) is 112 cm³/mol. The number of ether oxygens (including phenoxy) is 3. The first-order valence-corrected chi connectivity index (χ1v) is 9.89. The molecule has 2 aromatic carbocycles. The molecule has 33 heavy (non-hydrogen) atoms. The first kappa shape index (κ1) is 22.8. The summed E-state index contributed by atoms with van der Waals surface area (Å²) >= 11 is 0. The molecule has 1 aromatic heterocycles. The van der Waals surface area contributed by atoms with Gasteiger partial charge in [-0.1, -0.05) is 0 Å². The molecule has 5 atom stereocenters. The van der Waals surface area contributed by atoms with Crippen LogP contribution in [0.15, 0.2) is 45.6 Å². The number of aliphatic hydroxyl groups is 4. The van der Waals surface area contributed by atoms with Gasteiger partial charge in [0.2, 0.25) is 12.0 Å². The van der Waals surface area contributed by atoms with Gasteiger partial charge >= 0.3 is 0 Å². The van der Waals surface area contributed by atoms with E-state index in [0.717, 1.165) is 0 Å². The van der Waals surface area contributed by atoms with Crippen LogP contribution in [0, 0.1) is 0 Å². The fourth-order valence-electron chi connectivity index (χ4n) is 3.60. The second kappa shape index (κ2) is 8.89. The first-order valence-electron chi connectivity index (χ1n) is 9.89. The minimum Gasteiger partial charge on any atom is -0.508 e. The molecule has 0 aliphatic carbocycles. The fraction of sp³-hybridized carbons (Fsp3) is 0.318. The van der Waals surface area contributed by atoms with Crippen molar-refractivity contribution in [2.24, 2.45) is 0 Å². The van der Waals surface area contributed by atoms with E-state index in [-0.39, 0.29) is 34.0 Å². The third-order valence-electron chi connectivity index (χ3n) is 5.36. The Morgan fingerprint density at radius 3 is 2.33 bits per heavy atom. The molecule has 0 amide bonds. The van der Waals surface area contributed by atoms with Crippen molar-refractivity contribution in [3.63, 3.8) is 0 Å². The molecule has 11 heteroatoms. The molecule has 1 aliphatic rings. The van der Waals surface area contributed by atoms with E-state index in [1.54, 1.807) is 0 Å². The number of aliphatic hydroxyl groups excluding tert-OH is 4. The SMILES string of the molecule is COc1c(O[C@@H]2OC(CO)[C@@H](O)[C@@H](O)C2O)cc2oc(-c3ccc(O)cc3)cc(=O)c2c1O. The molecule has 0 saturated carbocycles. The molecule has 1 saturated heterocycles. The summed E-state index contributed by atoms with van der Waals surface area (Å²) in [7, 11) is 1.22. The number of aromatic hydroxyl groups is 2. The summed E-state index contributed by atoms with van der Waals surface area (Å²) in [6, 6.07) is 8.31. The lowest BCUT2D eigenvalue weighted by Gasteiger charge is -2.39. The topological polar surface area (TPSA) is 179 Å². The van der Waals surface area contributed by atoms with E-state index >= 15 is 0 Å². The van der Waals surface area contributed by atoms with Crippen molar-refractivity contribution >= 4 is 11.0 Å². The van der Waals surface area contributed by atoms with Crippen molar-refractivity contribution in [3.05, 3.63) is 46.6 Å². The molecule has 3 aromatic rings. The number of methoxy groups -OCH3 is 1. The highest BCUT2D eigenvalue weighted by molar-refractivity contribution is 5.89. The summed E-state index contributed by atoms with van der Waals surface area (Å²) in [5.41, 5.74) is -0.170. The van der Waals surface area contributed by atoms with E-state index in [2.05, 4.69) is 0 Å². The lowest BCUT2D eigenvalue weighted by molar-refractivity contribution is -0.277. The largest absolute Gasteiger partial charge is 0.508 e. The quantitative estimate of drug-likeness (QED) is 0.302. The highest BCUT2D eigenvalue weighted by Gasteiger charge is 2.45. The van der Waals surface area contributed by atoms with Crippen LogP contribution in [-0.2, 0) is 4.74 Å². The molecule has 2 unspecified atom stereocenters. The Labute approximate surface area is 186 Å². The summed E-state index contributed by atoms with van der Waals surface area (Å²) in [5, 5.41) is 59.5. The monoisotopic (exact) mass is 462 g/mol. The smallest absolute Gasteiger partial charge is 0.229 e. The lowest BCUT2D eigenvalue weighted by Crippen LogP contribution is -2.60. The van der Waals surface area contributed by atoms with Gasteiger partial charge in [-0.2, -0.15) is 0 Å². The van der Waals surface area contributed by atoms with Crippen molar-refractivity contribution in [1.29, 1.82) is 0 Å². The Bertz CT molecular complexity index is 1200. The van der Waals surface area contributed by atoms with Gasteiger partial charge in [0.1, 0.15) is 46.9 Å². The van der Waals surface area contributed by atoms with Gasteiger partial charge in [0.25, 0.3) is 0 Å². The second-order valence-electron chi connectivity index (χ2n) is 7.47. The fourth-order valence-corrected chi connectivity index (χ4v) is 3.60. The first-order chi connectivity index (χ1) is 15.7. The molecular formula is C22H22O11. The van der Waals surface area contributed by atoms with E-state index in [0.29, 0.717) is 5.56 Å². The maximum atomic E-state index is 12.7. The number of benzene rings is 2. The summed E-state index contributed by atoms with van der Waals surface area (Å²) in [6.07, 6.45) is -7.74. The summed E-state index contributed by atoms with van der Waals surface area (Å²) in [6.45, 7) is -0.657. The van der Waals surface area contributed by atoms with Crippen molar-refractivity contribution in [3.8, 4) is 34.3 Å². The number of rotatable bonds is 5. The minimum atomic E-state index is -1.71. The molecule has 2 heterocycles. The number of phenolic OH excluding ortho intramolecular Hbond substituents is 2. The van der Waals surface area contributed by atoms with Crippen LogP contribution in [0.2, 0.25) is 0 Å². The van der Waals surface area contributed by atoms with E-state index in [9.17, 15) is 35.4 Å². The van der Waals surface area contributed by atoms with Gasteiger partial charge < -0.3 is 49.3 Å². The third kappa shape index (κ3) is 4.08. The highest BCUT2D eigenvalue weighted by Crippen LogP contribution is 2.43. The Morgan fingerprint density at radius 2 is 1.70 bits per heavy atom. The Kier molecular flexibility index (Phi) is 6.15. The molecule has 0 radical (unpaired) electrons. The van der Waals surface area contributed by atoms with E-state index < -0.39 is 48.5 Å². The van der Waals surface area contributed by atoms with Gasteiger partial charge in [0, 0.05) is 17.7 Å². The van der Waals surface area contributed by atoms with E-state index in [4.69, 9.17) is 18.6 Å². The average molecular weight is 462 g/mol. The number of phenols is 2. The van der Waals surface area contributed by atoms with Crippen LogP contribution < -0.4 is 14.9 Å². The van der Waals surface area contributed by atoms with Crippen molar-refractivity contribution < 1.29 is 49.3 Å². The number of hydrogen-bond donors (Lipinski definition) is 6. The number of fused-ring (bicyclic) bond motifs is 1. The van der Waals surface area contributed by atoms with Gasteiger partial charge in [0.05, 0.1) is 13.7 Å². The van der Waals surface area contributed by atoms with Crippen LogP contribution >= 0.6 is 0 Å². The second-order valence-corrected chi connectivity index (χ2v) is 7.47. The van der Waals surface area contributed by atoms with Crippen molar-refractivity contribution in [1.82, 2.24) is 0 Å². The van der Waals surface area contributed by atoms with Crippen molar-refractivity contribution in [2.45, 2.75) is 30.7 Å². The van der Waals surface area contributed by atoms with Gasteiger partial charge in [-0.25, -0.2) is 0 Å². The standard InChI is InChI=1S/C22H22O11/c1-30-21-14(32-22-20(29)19(28)17(26)15(8-23)33-22)7-13-16(18(21)27)11(25)6-12(31-13)9-2-4-10(24)5-3-9/h2-7,15,17,19-20,22-24,26-29H,8H2,1H3/t15?,17-,19-,20?,22-/m1/s1. The molecule has 1 fully saturated rings. The molecule has 4 rings (SSSR count). The lowest BCUT2D eigenvalue weighted by atomic mass is 9.99. The zero-order valence-electron chi connectivity index (χ0n) is 17.3. The molecule has 0 bridgehead atoms.